The van der Waals surface area contributed by atoms with Gasteiger partial charge in [0.25, 0.3) is 5.69 Å². The molecule has 0 aliphatic rings. The van der Waals surface area contributed by atoms with E-state index in [1.165, 1.54) is 108 Å². The molecule has 0 heterocycles. The van der Waals surface area contributed by atoms with E-state index >= 15 is 0 Å². The molecule has 0 spiro atoms. The van der Waals surface area contributed by atoms with Crippen LogP contribution in [0.2, 0.25) is 0 Å². The summed E-state index contributed by atoms with van der Waals surface area (Å²) < 4.78 is 0. The number of nitro benzene ring substituents is 1. The molecule has 0 amide bonds. The van der Waals surface area contributed by atoms with E-state index in [4.69, 9.17) is 5.11 Å². The number of hydrogen-bond acceptors (Lipinski definition) is 6. The van der Waals surface area contributed by atoms with Gasteiger partial charge >= 0.3 is 5.97 Å². The second kappa shape index (κ2) is 19.7. The van der Waals surface area contributed by atoms with Gasteiger partial charge < -0.3 is 10.0 Å². The van der Waals surface area contributed by atoms with Gasteiger partial charge in [0.15, 0.2) is 5.69 Å². The maximum atomic E-state index is 11.3. The molecule has 0 unspecified atom stereocenters. The molecule has 8 heteroatoms. The van der Waals surface area contributed by atoms with Gasteiger partial charge in [-0.1, -0.05) is 103 Å². The minimum absolute atomic E-state index is 0.0136. The smallest absolute Gasteiger partial charge is 0.335 e. The molecule has 40 heavy (non-hydrogen) atoms. The zero-order valence-corrected chi connectivity index (χ0v) is 24.5. The van der Waals surface area contributed by atoms with Gasteiger partial charge in [-0.3, -0.25) is 10.1 Å². The third-order valence-electron chi connectivity index (χ3n) is 7.33. The van der Waals surface area contributed by atoms with Crippen LogP contribution < -0.4 is 4.90 Å². The Morgan fingerprint density at radius 1 is 0.775 bits per heavy atom. The molecule has 0 aromatic heterocycles. The normalized spacial score (nSPS) is 11.2. The van der Waals surface area contributed by atoms with Crippen molar-refractivity contribution in [3.8, 4) is 0 Å². The molecule has 0 aliphatic heterocycles. The summed E-state index contributed by atoms with van der Waals surface area (Å²) in [6.07, 6.45) is 21.8. The Morgan fingerprint density at radius 3 is 1.75 bits per heavy atom. The van der Waals surface area contributed by atoms with Crippen molar-refractivity contribution in [1.29, 1.82) is 0 Å². The van der Waals surface area contributed by atoms with Crippen molar-refractivity contribution in [3.63, 3.8) is 0 Å². The lowest BCUT2D eigenvalue weighted by molar-refractivity contribution is -0.384. The van der Waals surface area contributed by atoms with E-state index in [1.807, 2.05) is 24.3 Å². The van der Waals surface area contributed by atoms with Crippen molar-refractivity contribution in [3.05, 3.63) is 58.1 Å². The number of carbonyl (C=O) groups is 1. The Hall–Kier alpha value is -3.29. The fourth-order valence-electron chi connectivity index (χ4n) is 4.80. The Bertz CT molecular complexity index is 1040. The molecule has 2 aromatic rings. The van der Waals surface area contributed by atoms with Crippen LogP contribution in [0.25, 0.3) is 0 Å². The first-order chi connectivity index (χ1) is 19.4. The fourth-order valence-corrected chi connectivity index (χ4v) is 4.80. The molecule has 220 valence electrons. The number of unbranched alkanes of at least 4 members (excludes halogenated alkanes) is 15. The Labute approximate surface area is 240 Å². The molecule has 2 aromatic carbocycles. The molecule has 0 fully saturated rings. The first kappa shape index (κ1) is 32.9. The second-order valence-electron chi connectivity index (χ2n) is 10.7. The van der Waals surface area contributed by atoms with Gasteiger partial charge in [0, 0.05) is 25.3 Å². The third kappa shape index (κ3) is 13.2. The van der Waals surface area contributed by atoms with E-state index < -0.39 is 10.9 Å². The molecule has 0 aliphatic carbocycles. The van der Waals surface area contributed by atoms with E-state index in [0.717, 1.165) is 24.7 Å². The van der Waals surface area contributed by atoms with E-state index in [9.17, 15) is 14.9 Å². The van der Waals surface area contributed by atoms with E-state index in [-0.39, 0.29) is 16.9 Å². The Balaban J connectivity index is 1.58. The largest absolute Gasteiger partial charge is 0.478 e. The maximum absolute atomic E-state index is 11.3. The Morgan fingerprint density at radius 2 is 1.27 bits per heavy atom. The van der Waals surface area contributed by atoms with Crippen LogP contribution in [0.1, 0.15) is 120 Å². The summed E-state index contributed by atoms with van der Waals surface area (Å²) in [5.74, 6) is -1.23. The monoisotopic (exact) mass is 552 g/mol. The average Bonchev–Trinajstić information content (AvgIpc) is 2.95. The highest BCUT2D eigenvalue weighted by Crippen LogP contribution is 2.30. The lowest BCUT2D eigenvalue weighted by Gasteiger charge is -2.19. The Kier molecular flexibility index (Phi) is 16.2. The van der Waals surface area contributed by atoms with Crippen molar-refractivity contribution < 1.29 is 14.8 Å². The van der Waals surface area contributed by atoms with Gasteiger partial charge in [0.05, 0.1) is 16.2 Å². The van der Waals surface area contributed by atoms with Gasteiger partial charge in [0.1, 0.15) is 0 Å². The lowest BCUT2D eigenvalue weighted by atomic mass is 10.0. The van der Waals surface area contributed by atoms with Crippen molar-refractivity contribution in [2.24, 2.45) is 10.2 Å². The van der Waals surface area contributed by atoms with E-state index in [2.05, 4.69) is 29.1 Å². The molecule has 8 nitrogen and oxygen atoms in total. The van der Waals surface area contributed by atoms with Crippen molar-refractivity contribution in [1.82, 2.24) is 0 Å². The number of rotatable bonds is 22. The molecule has 0 radical (unpaired) electrons. The van der Waals surface area contributed by atoms with E-state index in [1.54, 1.807) is 0 Å². The first-order valence-electron chi connectivity index (χ1n) is 15.2. The van der Waals surface area contributed by atoms with Gasteiger partial charge in [-0.25, -0.2) is 4.79 Å². The van der Waals surface area contributed by atoms with Gasteiger partial charge in [0.2, 0.25) is 0 Å². The highest BCUT2D eigenvalue weighted by Gasteiger charge is 2.17. The topological polar surface area (TPSA) is 108 Å². The van der Waals surface area contributed by atoms with Gasteiger partial charge in [-0.05, 0) is 42.8 Å². The van der Waals surface area contributed by atoms with Crippen LogP contribution in [0.15, 0.2) is 52.7 Å². The number of carboxylic acids is 1. The molecular weight excluding hydrogens is 504 g/mol. The minimum Gasteiger partial charge on any atom is -0.478 e. The predicted molar refractivity (Wildman–Crippen MR) is 163 cm³/mol. The zero-order valence-electron chi connectivity index (χ0n) is 24.5. The quantitative estimate of drug-likeness (QED) is 0.0676. The molecule has 0 bridgehead atoms. The van der Waals surface area contributed by atoms with Crippen molar-refractivity contribution in [2.75, 3.05) is 18.5 Å². The number of nitrogens with zero attached hydrogens (tertiary/aromatic N) is 4. The summed E-state index contributed by atoms with van der Waals surface area (Å²) in [6.45, 7) is 3.26. The van der Waals surface area contributed by atoms with Crippen LogP contribution in [0.3, 0.4) is 0 Å². The first-order valence-corrected chi connectivity index (χ1v) is 15.2. The lowest BCUT2D eigenvalue weighted by Crippen LogP contribution is -2.18. The number of aromatic carboxylic acids is 1. The van der Waals surface area contributed by atoms with Crippen LogP contribution >= 0.6 is 0 Å². The number of hydrogen-bond donors (Lipinski definition) is 1. The summed E-state index contributed by atoms with van der Waals surface area (Å²) in [7, 11) is 2.08. The molecular formula is C32H48N4O4. The van der Waals surface area contributed by atoms with Gasteiger partial charge in [-0.2, -0.15) is 5.11 Å². The number of anilines is 1. The highest BCUT2D eigenvalue weighted by atomic mass is 16.6. The average molecular weight is 553 g/mol. The molecule has 0 saturated carbocycles. The summed E-state index contributed by atoms with van der Waals surface area (Å²) in [5.41, 5.74) is 1.11. The predicted octanol–water partition coefficient (Wildman–Crippen LogP) is 10.4. The SMILES string of the molecule is CCCCCCCCCCCCCCCCCCN(C)c1ccc(N=Nc2ccc(C(=O)O)cc2[N+](=O)[O-])cc1. The summed E-state index contributed by atoms with van der Waals surface area (Å²) in [4.78, 5) is 23.9. The van der Waals surface area contributed by atoms with Gasteiger partial charge in [-0.15, -0.1) is 5.11 Å². The molecule has 2 rings (SSSR count). The third-order valence-corrected chi connectivity index (χ3v) is 7.33. The highest BCUT2D eigenvalue weighted by molar-refractivity contribution is 5.89. The van der Waals surface area contributed by atoms with Crippen LogP contribution in [0.5, 0.6) is 0 Å². The second-order valence-corrected chi connectivity index (χ2v) is 10.7. The standard InChI is InChI=1S/C32H48N4O4/c1-3-4-5-6-7-8-9-10-11-12-13-14-15-16-17-18-25-35(2)29-22-20-28(21-23-29)33-34-30-24-19-27(32(37)38)26-31(30)36(39)40/h19-24,26H,3-18,25H2,1-2H3,(H,37,38). The van der Waals surface area contributed by atoms with Crippen molar-refractivity contribution in [2.45, 2.75) is 110 Å². The van der Waals surface area contributed by atoms with Crippen LogP contribution in [-0.2, 0) is 0 Å². The summed E-state index contributed by atoms with van der Waals surface area (Å²) in [5, 5.41) is 28.4. The van der Waals surface area contributed by atoms with Crippen LogP contribution in [0.4, 0.5) is 22.7 Å². The van der Waals surface area contributed by atoms with E-state index in [0.29, 0.717) is 5.69 Å². The maximum Gasteiger partial charge on any atom is 0.335 e. The summed E-state index contributed by atoms with van der Waals surface area (Å²) >= 11 is 0. The number of carboxylic acid groups (broad SMARTS) is 1. The van der Waals surface area contributed by atoms with Crippen LogP contribution in [-0.4, -0.2) is 29.6 Å². The minimum atomic E-state index is -1.23. The number of benzene rings is 2. The fraction of sp³-hybridized carbons (Fsp3) is 0.594. The van der Waals surface area contributed by atoms with Crippen LogP contribution in [0, 0.1) is 10.1 Å². The number of nitro groups is 1. The number of azo groups is 1. The molecule has 0 atom stereocenters. The zero-order chi connectivity index (χ0) is 29.0. The van der Waals surface area contributed by atoms with Crippen molar-refractivity contribution >= 4 is 28.7 Å². The molecule has 1 N–H and O–H groups in total. The summed E-state index contributed by atoms with van der Waals surface area (Å²) in [6, 6.07) is 11.1. The molecule has 0 saturated heterocycles.